The third-order valence-electron chi connectivity index (χ3n) is 6.98. The summed E-state index contributed by atoms with van der Waals surface area (Å²) in [5.74, 6) is 1.29. The Kier molecular flexibility index (Phi) is 4.96. The maximum Gasteiger partial charge on any atom is 0.140 e. The van der Waals surface area contributed by atoms with Gasteiger partial charge in [-0.25, -0.2) is 4.39 Å². The number of hydrogen-bond donors (Lipinski definition) is 0. The maximum atomic E-state index is 14.8. The first-order valence-corrected chi connectivity index (χ1v) is 12.8. The summed E-state index contributed by atoms with van der Waals surface area (Å²) in [6, 6.07) is 18.1. The van der Waals surface area contributed by atoms with Crippen LogP contribution in [0.5, 0.6) is 11.5 Å². The number of hydrogen-bond acceptors (Lipinski definition) is 2. The van der Waals surface area contributed by atoms with E-state index in [4.69, 9.17) is 9.72 Å². The Morgan fingerprint density at radius 2 is 1.56 bits per heavy atom. The number of fused-ring (bicyclic) bond motifs is 5. The third-order valence-corrected chi connectivity index (χ3v) is 6.98. The van der Waals surface area contributed by atoms with E-state index in [2.05, 4.69) is 65.8 Å². The van der Waals surface area contributed by atoms with Gasteiger partial charge in [-0.15, -0.1) is 0 Å². The molecule has 0 unspecified atom stereocenters. The van der Waals surface area contributed by atoms with Gasteiger partial charge >= 0.3 is 0 Å². The smallest absolute Gasteiger partial charge is 0.140 e. The van der Waals surface area contributed by atoms with E-state index in [1.165, 1.54) is 28.0 Å². The summed E-state index contributed by atoms with van der Waals surface area (Å²) in [5, 5.41) is 5.81. The molecule has 1 aliphatic heterocycles. The highest BCUT2D eigenvalue weighted by Gasteiger charge is 2.29. The van der Waals surface area contributed by atoms with Crippen molar-refractivity contribution in [1.29, 1.82) is 0 Å². The highest BCUT2D eigenvalue weighted by atomic mass is 19.1. The Bertz CT molecular complexity index is 1690. The van der Waals surface area contributed by atoms with E-state index in [9.17, 15) is 4.39 Å². The van der Waals surface area contributed by atoms with Crippen LogP contribution < -0.4 is 4.74 Å². The fourth-order valence-corrected chi connectivity index (χ4v) is 5.69. The number of aromatic nitrogens is 1. The molecule has 0 radical (unpaired) electrons. The van der Waals surface area contributed by atoms with Crippen molar-refractivity contribution >= 4 is 32.3 Å². The van der Waals surface area contributed by atoms with Crippen molar-refractivity contribution in [1.82, 2.24) is 4.98 Å². The molecule has 1 aliphatic rings. The van der Waals surface area contributed by atoms with Crippen LogP contribution in [0.25, 0.3) is 43.6 Å². The summed E-state index contributed by atoms with van der Waals surface area (Å²) < 4.78 is 21.5. The maximum absolute atomic E-state index is 14.8. The molecular weight excluding hydrogens is 445 g/mol. The Hall–Kier alpha value is -3.46. The zero-order valence-electron chi connectivity index (χ0n) is 21.9. The lowest BCUT2D eigenvalue weighted by Crippen LogP contribution is -2.13. The summed E-state index contributed by atoms with van der Waals surface area (Å²) in [5.41, 5.74) is 4.72. The molecule has 182 valence electrons. The summed E-state index contributed by atoms with van der Waals surface area (Å²) in [6.07, 6.45) is 3.71. The van der Waals surface area contributed by atoms with Crippen molar-refractivity contribution in [2.24, 2.45) is 10.8 Å². The van der Waals surface area contributed by atoms with Gasteiger partial charge < -0.3 is 4.74 Å². The molecular formula is C33H32FNO. The molecule has 2 nitrogen and oxygen atoms in total. The Morgan fingerprint density at radius 3 is 2.31 bits per heavy atom. The minimum atomic E-state index is -0.238. The fraction of sp³-hybridized carbons (Fsp3) is 0.303. The van der Waals surface area contributed by atoms with E-state index in [1.54, 1.807) is 6.07 Å². The zero-order valence-corrected chi connectivity index (χ0v) is 21.9. The molecule has 0 saturated carbocycles. The number of pyridine rings is 1. The molecule has 0 amide bonds. The lowest BCUT2D eigenvalue weighted by Gasteiger charge is -2.28. The van der Waals surface area contributed by atoms with Crippen LogP contribution in [0.1, 0.15) is 52.7 Å². The normalized spacial score (nSPS) is 13.3. The first-order valence-electron chi connectivity index (χ1n) is 12.8. The van der Waals surface area contributed by atoms with Gasteiger partial charge in [0.2, 0.25) is 0 Å². The molecule has 0 bridgehead atoms. The lowest BCUT2D eigenvalue weighted by atomic mass is 9.82. The number of rotatable bonds is 2. The van der Waals surface area contributed by atoms with Gasteiger partial charge in [0.05, 0.1) is 11.1 Å². The summed E-state index contributed by atoms with van der Waals surface area (Å²) in [4.78, 5) is 4.86. The Morgan fingerprint density at radius 1 is 0.778 bits per heavy atom. The van der Waals surface area contributed by atoms with Crippen molar-refractivity contribution in [3.05, 3.63) is 77.7 Å². The second-order valence-corrected chi connectivity index (χ2v) is 12.7. The van der Waals surface area contributed by atoms with Gasteiger partial charge in [-0.2, -0.15) is 0 Å². The van der Waals surface area contributed by atoms with Gasteiger partial charge in [-0.3, -0.25) is 4.98 Å². The molecule has 0 aliphatic carbocycles. The number of benzene rings is 4. The van der Waals surface area contributed by atoms with Crippen molar-refractivity contribution in [3.63, 3.8) is 0 Å². The van der Waals surface area contributed by atoms with Crippen molar-refractivity contribution in [2.45, 2.75) is 54.4 Å². The van der Waals surface area contributed by atoms with Gasteiger partial charge in [0.15, 0.2) is 0 Å². The molecule has 36 heavy (non-hydrogen) atoms. The Labute approximate surface area is 212 Å². The monoisotopic (exact) mass is 477 g/mol. The van der Waals surface area contributed by atoms with Crippen LogP contribution in [-0.2, 0) is 12.8 Å². The highest BCUT2D eigenvalue weighted by Crippen LogP contribution is 2.51. The van der Waals surface area contributed by atoms with Crippen molar-refractivity contribution < 1.29 is 9.13 Å². The topological polar surface area (TPSA) is 22.1 Å². The molecule has 4 aromatic carbocycles. The average molecular weight is 478 g/mol. The van der Waals surface area contributed by atoms with E-state index in [0.29, 0.717) is 11.1 Å². The Balaban J connectivity index is 1.69. The lowest BCUT2D eigenvalue weighted by molar-refractivity contribution is 0.400. The van der Waals surface area contributed by atoms with E-state index in [-0.39, 0.29) is 16.6 Å². The first-order chi connectivity index (χ1) is 17.0. The molecule has 3 heteroatoms. The molecule has 5 aromatic rings. The van der Waals surface area contributed by atoms with Crippen LogP contribution in [-0.4, -0.2) is 4.98 Å². The summed E-state index contributed by atoms with van der Waals surface area (Å²) in [6.45, 7) is 13.6. The molecule has 0 saturated heterocycles. The zero-order chi connectivity index (χ0) is 25.4. The number of ether oxygens (including phenoxy) is 1. The largest absolute Gasteiger partial charge is 0.456 e. The van der Waals surface area contributed by atoms with Crippen LogP contribution in [0.3, 0.4) is 0 Å². The van der Waals surface area contributed by atoms with E-state index < -0.39 is 0 Å². The molecule has 0 fully saturated rings. The van der Waals surface area contributed by atoms with Gasteiger partial charge in [0.1, 0.15) is 17.3 Å². The van der Waals surface area contributed by atoms with E-state index in [1.807, 2.05) is 24.4 Å². The first kappa shape index (κ1) is 23.0. The van der Waals surface area contributed by atoms with Gasteiger partial charge in [0, 0.05) is 22.7 Å². The quantitative estimate of drug-likeness (QED) is 0.232. The van der Waals surface area contributed by atoms with E-state index >= 15 is 0 Å². The molecule has 2 heterocycles. The molecule has 0 N–H and O–H groups in total. The molecule has 1 aromatic heterocycles. The molecule has 6 rings (SSSR count). The van der Waals surface area contributed by atoms with Gasteiger partial charge in [-0.1, -0.05) is 71.9 Å². The molecule has 0 atom stereocenters. The predicted molar refractivity (Wildman–Crippen MR) is 149 cm³/mol. The van der Waals surface area contributed by atoms with Crippen LogP contribution in [0.2, 0.25) is 0 Å². The summed E-state index contributed by atoms with van der Waals surface area (Å²) in [7, 11) is 0. The molecule has 0 spiro atoms. The number of halogens is 1. The SMILES string of the molecule is CC(C)(C)Cc1ccc2c(CC(C)(C)C)c3c(cc2c1)-c1nccc2c1c(cc1c(F)cccc12)O3. The van der Waals surface area contributed by atoms with Gasteiger partial charge in [-0.05, 0) is 75.0 Å². The van der Waals surface area contributed by atoms with Crippen LogP contribution >= 0.6 is 0 Å². The van der Waals surface area contributed by atoms with Crippen LogP contribution in [0.4, 0.5) is 4.39 Å². The number of nitrogens with zero attached hydrogens (tertiary/aromatic N) is 1. The van der Waals surface area contributed by atoms with Crippen LogP contribution in [0, 0.1) is 16.6 Å². The van der Waals surface area contributed by atoms with Crippen molar-refractivity contribution in [2.75, 3.05) is 0 Å². The minimum absolute atomic E-state index is 0.0602. The summed E-state index contributed by atoms with van der Waals surface area (Å²) >= 11 is 0. The van der Waals surface area contributed by atoms with E-state index in [0.717, 1.165) is 46.0 Å². The minimum Gasteiger partial charge on any atom is -0.456 e. The van der Waals surface area contributed by atoms with Crippen molar-refractivity contribution in [3.8, 4) is 22.8 Å². The van der Waals surface area contributed by atoms with Crippen LogP contribution in [0.15, 0.2) is 60.8 Å². The second-order valence-electron chi connectivity index (χ2n) is 12.7. The second kappa shape index (κ2) is 7.77. The highest BCUT2D eigenvalue weighted by molar-refractivity contribution is 6.16. The average Bonchev–Trinajstić information content (AvgIpc) is 2.78. The predicted octanol–water partition coefficient (Wildman–Crippen LogP) is 9.63. The van der Waals surface area contributed by atoms with Gasteiger partial charge in [0.25, 0.3) is 0 Å². The third kappa shape index (κ3) is 3.82. The fourth-order valence-electron chi connectivity index (χ4n) is 5.69. The standard InChI is InChI=1S/C33H32FNO/c1-32(2,3)17-19-10-11-21-20(14-19)15-25-30-29-23(12-13-35-30)22-8-7-9-27(34)24(22)16-28(29)36-31(25)26(21)18-33(4,5)6/h7-16H,17-18H2,1-6H3.